The molecule has 2 saturated heterocycles. The molecule has 0 radical (unpaired) electrons. The monoisotopic (exact) mass is 288 g/mol. The first-order valence-electron chi connectivity index (χ1n) is 6.06. The first kappa shape index (κ1) is 13.8. The smallest absolute Gasteiger partial charge is 0.181 e. The van der Waals surface area contributed by atoms with Crippen molar-refractivity contribution in [2.45, 2.75) is 47.9 Å². The van der Waals surface area contributed by atoms with Gasteiger partial charge in [-0.05, 0) is 37.8 Å². The average molecular weight is 289 g/mol. The molecule has 1 unspecified atom stereocenters. The lowest BCUT2D eigenvalue weighted by atomic mass is 10.1. The van der Waals surface area contributed by atoms with Gasteiger partial charge in [-0.25, -0.2) is 8.42 Å². The Kier molecular flexibility index (Phi) is 3.94. The van der Waals surface area contributed by atoms with Gasteiger partial charge in [0, 0.05) is 24.5 Å². The molecule has 4 nitrogen and oxygen atoms in total. The van der Waals surface area contributed by atoms with Crippen LogP contribution in [0.5, 0.6) is 0 Å². The van der Waals surface area contributed by atoms with E-state index in [-0.39, 0.29) is 17.7 Å². The van der Waals surface area contributed by atoms with Gasteiger partial charge in [-0.3, -0.25) is 4.98 Å². The normalized spacial score (nSPS) is 30.8. The van der Waals surface area contributed by atoms with Crippen LogP contribution in [0.15, 0.2) is 29.4 Å². The van der Waals surface area contributed by atoms with Gasteiger partial charge in [0.15, 0.2) is 9.84 Å². The number of halogens is 1. The van der Waals surface area contributed by atoms with Gasteiger partial charge in [0.05, 0.1) is 10.1 Å². The average Bonchev–Trinajstić information content (AvgIpc) is 2.69. The van der Waals surface area contributed by atoms with Crippen molar-refractivity contribution in [3.05, 3.63) is 24.5 Å². The molecule has 0 aromatic carbocycles. The van der Waals surface area contributed by atoms with Crippen molar-refractivity contribution in [3.8, 4) is 0 Å². The highest BCUT2D eigenvalue weighted by molar-refractivity contribution is 7.92. The van der Waals surface area contributed by atoms with Crippen molar-refractivity contribution >= 4 is 22.2 Å². The summed E-state index contributed by atoms with van der Waals surface area (Å²) in [5.41, 5.74) is 0. The van der Waals surface area contributed by atoms with Crippen molar-refractivity contribution in [2.75, 3.05) is 0 Å². The van der Waals surface area contributed by atoms with Crippen LogP contribution in [-0.4, -0.2) is 30.7 Å². The number of hydrogen-bond donors (Lipinski definition) is 1. The molecule has 2 aliphatic heterocycles. The molecule has 0 amide bonds. The Morgan fingerprint density at radius 1 is 1.11 bits per heavy atom. The summed E-state index contributed by atoms with van der Waals surface area (Å²) in [5, 5.41) is 3.25. The number of rotatable bonds is 2. The lowest BCUT2D eigenvalue weighted by Crippen LogP contribution is -2.43. The molecule has 1 aromatic heterocycles. The first-order valence-corrected chi connectivity index (χ1v) is 7.61. The lowest BCUT2D eigenvalue weighted by molar-refractivity contribution is 0.401. The zero-order valence-corrected chi connectivity index (χ0v) is 11.6. The van der Waals surface area contributed by atoms with Gasteiger partial charge < -0.3 is 5.32 Å². The van der Waals surface area contributed by atoms with Crippen molar-refractivity contribution in [3.63, 3.8) is 0 Å². The molecule has 2 fully saturated rings. The molecular weight excluding hydrogens is 272 g/mol. The molecule has 1 N–H and O–H groups in total. The third-order valence-electron chi connectivity index (χ3n) is 3.85. The molecular formula is C12H17ClN2O2S. The van der Waals surface area contributed by atoms with Crippen LogP contribution in [0.1, 0.15) is 25.7 Å². The quantitative estimate of drug-likeness (QED) is 0.897. The highest BCUT2D eigenvalue weighted by Crippen LogP contribution is 2.33. The van der Waals surface area contributed by atoms with Gasteiger partial charge in [-0.2, -0.15) is 0 Å². The molecule has 6 heteroatoms. The molecule has 0 aliphatic carbocycles. The van der Waals surface area contributed by atoms with E-state index in [0.29, 0.717) is 17.0 Å². The van der Waals surface area contributed by atoms with Crippen LogP contribution in [0, 0.1) is 0 Å². The van der Waals surface area contributed by atoms with Crippen molar-refractivity contribution < 1.29 is 8.42 Å². The third-order valence-corrected chi connectivity index (χ3v) is 6.04. The number of sulfone groups is 1. The minimum Gasteiger partial charge on any atom is -0.311 e. The maximum absolute atomic E-state index is 12.5. The van der Waals surface area contributed by atoms with Crippen molar-refractivity contribution in [1.82, 2.24) is 10.3 Å². The number of aromatic nitrogens is 1. The predicted octanol–water partition coefficient (Wildman–Crippen LogP) is 1.56. The summed E-state index contributed by atoms with van der Waals surface area (Å²) in [4.78, 5) is 4.29. The van der Waals surface area contributed by atoms with E-state index in [9.17, 15) is 8.42 Å². The van der Waals surface area contributed by atoms with E-state index in [4.69, 9.17) is 0 Å². The summed E-state index contributed by atoms with van der Waals surface area (Å²) in [7, 11) is -3.17. The fourth-order valence-corrected chi connectivity index (χ4v) is 4.84. The van der Waals surface area contributed by atoms with Crippen LogP contribution in [0.4, 0.5) is 0 Å². The van der Waals surface area contributed by atoms with Gasteiger partial charge in [0.25, 0.3) is 0 Å². The van der Waals surface area contributed by atoms with Gasteiger partial charge >= 0.3 is 0 Å². The molecule has 100 valence electrons. The summed E-state index contributed by atoms with van der Waals surface area (Å²) < 4.78 is 24.9. The van der Waals surface area contributed by atoms with Crippen LogP contribution in [0.25, 0.3) is 0 Å². The number of piperidine rings is 1. The van der Waals surface area contributed by atoms with Crippen molar-refractivity contribution in [1.29, 1.82) is 0 Å². The van der Waals surface area contributed by atoms with E-state index >= 15 is 0 Å². The Morgan fingerprint density at radius 3 is 2.22 bits per heavy atom. The minimum absolute atomic E-state index is 0. The summed E-state index contributed by atoms with van der Waals surface area (Å²) >= 11 is 0. The molecule has 3 atom stereocenters. The van der Waals surface area contributed by atoms with E-state index in [1.165, 1.54) is 0 Å². The zero-order chi connectivity index (χ0) is 11.9. The lowest BCUT2D eigenvalue weighted by Gasteiger charge is -2.28. The SMILES string of the molecule is Cl.O=S(=O)(c1ccncc1)C1C[C@H]2CC[C@@H](C1)N2. The van der Waals surface area contributed by atoms with Crippen LogP contribution in [-0.2, 0) is 9.84 Å². The van der Waals surface area contributed by atoms with E-state index in [0.717, 1.165) is 25.7 Å². The summed E-state index contributed by atoms with van der Waals surface area (Å²) in [6.45, 7) is 0. The Labute approximate surface area is 114 Å². The van der Waals surface area contributed by atoms with Gasteiger partial charge in [0.2, 0.25) is 0 Å². The summed E-state index contributed by atoms with van der Waals surface area (Å²) in [6.07, 6.45) is 6.83. The van der Waals surface area contributed by atoms with Crippen LogP contribution >= 0.6 is 12.4 Å². The van der Waals surface area contributed by atoms with Crippen molar-refractivity contribution in [2.24, 2.45) is 0 Å². The van der Waals surface area contributed by atoms with Gasteiger partial charge in [0.1, 0.15) is 0 Å². The number of pyridine rings is 1. The topological polar surface area (TPSA) is 59.1 Å². The number of hydrogen-bond acceptors (Lipinski definition) is 4. The minimum atomic E-state index is -3.17. The second-order valence-corrected chi connectivity index (χ2v) is 7.19. The Morgan fingerprint density at radius 2 is 1.67 bits per heavy atom. The highest BCUT2D eigenvalue weighted by atomic mass is 35.5. The molecule has 3 heterocycles. The third kappa shape index (κ3) is 2.39. The fourth-order valence-electron chi connectivity index (χ4n) is 2.98. The Bertz CT molecular complexity index is 494. The Balaban J connectivity index is 0.00000120. The number of nitrogens with zero attached hydrogens (tertiary/aromatic N) is 1. The molecule has 1 aromatic rings. The van der Waals surface area contributed by atoms with Gasteiger partial charge in [-0.15, -0.1) is 12.4 Å². The molecule has 3 rings (SSSR count). The largest absolute Gasteiger partial charge is 0.311 e. The number of nitrogens with one attached hydrogen (secondary N) is 1. The fraction of sp³-hybridized carbons (Fsp3) is 0.583. The van der Waals surface area contributed by atoms with E-state index < -0.39 is 9.84 Å². The first-order chi connectivity index (χ1) is 8.16. The van der Waals surface area contributed by atoms with Crippen LogP contribution < -0.4 is 5.32 Å². The van der Waals surface area contributed by atoms with Crippen LogP contribution in [0.3, 0.4) is 0 Å². The zero-order valence-electron chi connectivity index (χ0n) is 9.95. The highest BCUT2D eigenvalue weighted by Gasteiger charge is 2.39. The van der Waals surface area contributed by atoms with Crippen LogP contribution in [0.2, 0.25) is 0 Å². The maximum Gasteiger partial charge on any atom is 0.181 e. The van der Waals surface area contributed by atoms with E-state index in [2.05, 4.69) is 10.3 Å². The molecule has 2 bridgehead atoms. The standard InChI is InChI=1S/C12H16N2O2S.ClH/c15-17(16,11-3-5-13-6-4-11)12-7-9-1-2-10(8-12)14-9;/h3-6,9-10,12,14H,1-2,7-8H2;1H/t9-,10+,12?;. The summed E-state index contributed by atoms with van der Waals surface area (Å²) in [6, 6.07) is 3.99. The predicted molar refractivity (Wildman–Crippen MR) is 71.6 cm³/mol. The maximum atomic E-state index is 12.5. The second kappa shape index (κ2) is 5.15. The number of fused-ring (bicyclic) bond motifs is 2. The molecule has 0 spiro atoms. The Hall–Kier alpha value is -0.650. The molecule has 2 aliphatic rings. The van der Waals surface area contributed by atoms with E-state index in [1.807, 2.05) is 0 Å². The summed E-state index contributed by atoms with van der Waals surface area (Å²) in [5.74, 6) is 0. The van der Waals surface area contributed by atoms with Gasteiger partial charge in [-0.1, -0.05) is 0 Å². The second-order valence-electron chi connectivity index (χ2n) is 4.96. The molecule has 0 saturated carbocycles. The van der Waals surface area contributed by atoms with E-state index in [1.54, 1.807) is 24.5 Å². The molecule has 18 heavy (non-hydrogen) atoms.